The lowest BCUT2D eigenvalue weighted by Crippen LogP contribution is -2.44. The molecule has 0 heterocycles. The maximum atomic E-state index is 6.17. The standard InChI is InChI=1S/C16H28O2/c1-10(2)17-15(18-11(3)4)16-7-12-5-13(8-16)14(6-12)9-16/h10-15H,5-9H2,1-4H3. The first-order valence-corrected chi connectivity index (χ1v) is 7.79. The van der Waals surface area contributed by atoms with Crippen molar-refractivity contribution in [2.24, 2.45) is 23.2 Å². The molecule has 2 atom stereocenters. The van der Waals surface area contributed by atoms with Crippen LogP contribution >= 0.6 is 0 Å². The van der Waals surface area contributed by atoms with Gasteiger partial charge in [-0.1, -0.05) is 0 Å². The summed E-state index contributed by atoms with van der Waals surface area (Å²) in [6.07, 6.45) is 7.61. The highest BCUT2D eigenvalue weighted by Crippen LogP contribution is 2.66. The molecule has 0 aromatic carbocycles. The van der Waals surface area contributed by atoms with Gasteiger partial charge in [-0.2, -0.15) is 0 Å². The van der Waals surface area contributed by atoms with Crippen molar-refractivity contribution in [3.05, 3.63) is 0 Å². The summed E-state index contributed by atoms with van der Waals surface area (Å²) in [6.45, 7) is 8.51. The molecule has 4 aliphatic carbocycles. The molecule has 4 aliphatic rings. The number of ether oxygens (including phenoxy) is 2. The van der Waals surface area contributed by atoms with Crippen molar-refractivity contribution in [2.45, 2.75) is 78.3 Å². The van der Waals surface area contributed by atoms with Crippen LogP contribution in [0.4, 0.5) is 0 Å². The lowest BCUT2D eigenvalue weighted by molar-refractivity contribution is -0.247. The highest BCUT2D eigenvalue weighted by Gasteiger charge is 2.59. The summed E-state index contributed by atoms with van der Waals surface area (Å²) in [6, 6.07) is 0. The molecule has 4 fully saturated rings. The van der Waals surface area contributed by atoms with E-state index in [-0.39, 0.29) is 18.5 Å². The Morgan fingerprint density at radius 3 is 1.72 bits per heavy atom. The Labute approximate surface area is 111 Å². The van der Waals surface area contributed by atoms with Crippen molar-refractivity contribution in [1.29, 1.82) is 0 Å². The van der Waals surface area contributed by atoms with Crippen LogP contribution in [0, 0.1) is 23.2 Å². The van der Waals surface area contributed by atoms with Gasteiger partial charge in [-0.25, -0.2) is 0 Å². The van der Waals surface area contributed by atoms with E-state index >= 15 is 0 Å². The van der Waals surface area contributed by atoms with Crippen molar-refractivity contribution in [3.8, 4) is 0 Å². The first-order valence-electron chi connectivity index (χ1n) is 7.79. The molecule has 0 spiro atoms. The maximum Gasteiger partial charge on any atom is 0.163 e. The average Bonchev–Trinajstić information content (AvgIpc) is 2.64. The monoisotopic (exact) mass is 252 g/mol. The molecule has 0 radical (unpaired) electrons. The molecule has 0 aromatic rings. The molecule has 0 N–H and O–H groups in total. The van der Waals surface area contributed by atoms with E-state index in [4.69, 9.17) is 9.47 Å². The molecule has 4 bridgehead atoms. The third-order valence-electron chi connectivity index (χ3n) is 5.26. The highest BCUT2D eigenvalue weighted by molar-refractivity contribution is 5.07. The molecular formula is C16H28O2. The van der Waals surface area contributed by atoms with Crippen LogP contribution in [0.25, 0.3) is 0 Å². The van der Waals surface area contributed by atoms with E-state index in [1.165, 1.54) is 32.1 Å². The molecule has 104 valence electrons. The summed E-state index contributed by atoms with van der Waals surface area (Å²) in [7, 11) is 0. The third kappa shape index (κ3) is 2.12. The molecule has 2 heteroatoms. The van der Waals surface area contributed by atoms with E-state index in [1.54, 1.807) is 0 Å². The SMILES string of the molecule is CC(C)OC(OC(C)C)C12CC3CC(C1)C(C3)C2. The Balaban J connectivity index is 1.77. The minimum Gasteiger partial charge on any atom is -0.349 e. The normalized spacial score (nSPS) is 41.8. The molecule has 2 unspecified atom stereocenters. The first kappa shape index (κ1) is 12.9. The second-order valence-electron chi connectivity index (χ2n) is 7.53. The van der Waals surface area contributed by atoms with Crippen molar-refractivity contribution in [3.63, 3.8) is 0 Å². The van der Waals surface area contributed by atoms with Crippen LogP contribution in [0.5, 0.6) is 0 Å². The Hall–Kier alpha value is -0.0800. The lowest BCUT2D eigenvalue weighted by Gasteiger charge is -2.44. The van der Waals surface area contributed by atoms with Gasteiger partial charge in [0.2, 0.25) is 0 Å². The van der Waals surface area contributed by atoms with Gasteiger partial charge in [0.15, 0.2) is 6.29 Å². The summed E-state index contributed by atoms with van der Waals surface area (Å²) in [5.41, 5.74) is 0.352. The minimum atomic E-state index is 0.0353. The minimum absolute atomic E-state index is 0.0353. The van der Waals surface area contributed by atoms with Gasteiger partial charge in [0.05, 0.1) is 12.2 Å². The lowest BCUT2D eigenvalue weighted by atomic mass is 9.69. The summed E-state index contributed by atoms with van der Waals surface area (Å²) in [4.78, 5) is 0. The van der Waals surface area contributed by atoms with Crippen molar-refractivity contribution in [1.82, 2.24) is 0 Å². The van der Waals surface area contributed by atoms with E-state index in [1.807, 2.05) is 0 Å². The molecule has 0 aliphatic heterocycles. The molecule has 2 nitrogen and oxygen atoms in total. The Bertz CT molecular complexity index is 281. The van der Waals surface area contributed by atoms with Crippen molar-refractivity contribution < 1.29 is 9.47 Å². The predicted molar refractivity (Wildman–Crippen MR) is 72.2 cm³/mol. The quantitative estimate of drug-likeness (QED) is 0.689. The zero-order valence-corrected chi connectivity index (χ0v) is 12.3. The van der Waals surface area contributed by atoms with Crippen molar-refractivity contribution in [2.75, 3.05) is 0 Å². The largest absolute Gasteiger partial charge is 0.349 e. The van der Waals surface area contributed by atoms with E-state index in [0.717, 1.165) is 17.8 Å². The fourth-order valence-corrected chi connectivity index (χ4v) is 4.98. The summed E-state index contributed by atoms with van der Waals surface area (Å²) in [5, 5.41) is 0. The molecule has 4 saturated carbocycles. The van der Waals surface area contributed by atoms with Gasteiger partial charge in [0, 0.05) is 5.41 Å². The van der Waals surface area contributed by atoms with Crippen LogP contribution in [0.15, 0.2) is 0 Å². The second kappa shape index (κ2) is 4.49. The molecule has 0 amide bonds. The third-order valence-corrected chi connectivity index (χ3v) is 5.26. The first-order chi connectivity index (χ1) is 8.48. The molecule has 0 saturated heterocycles. The van der Waals surface area contributed by atoms with Crippen molar-refractivity contribution >= 4 is 0 Å². The van der Waals surface area contributed by atoms with E-state index < -0.39 is 0 Å². The van der Waals surface area contributed by atoms with Crippen LogP contribution in [-0.2, 0) is 9.47 Å². The van der Waals surface area contributed by atoms with Gasteiger partial charge >= 0.3 is 0 Å². The van der Waals surface area contributed by atoms with Gasteiger partial charge in [-0.05, 0) is 77.6 Å². The zero-order chi connectivity index (χ0) is 12.9. The maximum absolute atomic E-state index is 6.17. The summed E-state index contributed by atoms with van der Waals surface area (Å²) >= 11 is 0. The fourth-order valence-electron chi connectivity index (χ4n) is 4.98. The smallest absolute Gasteiger partial charge is 0.163 e. The molecular weight excluding hydrogens is 224 g/mol. The Morgan fingerprint density at radius 1 is 0.833 bits per heavy atom. The average molecular weight is 252 g/mol. The van der Waals surface area contributed by atoms with Gasteiger partial charge in [0.25, 0.3) is 0 Å². The molecule has 18 heavy (non-hydrogen) atoms. The Kier molecular flexibility index (Phi) is 3.22. The second-order valence-corrected chi connectivity index (χ2v) is 7.53. The van der Waals surface area contributed by atoms with Crippen LogP contribution < -0.4 is 0 Å². The van der Waals surface area contributed by atoms with Gasteiger partial charge in [-0.15, -0.1) is 0 Å². The number of hydrogen-bond donors (Lipinski definition) is 0. The summed E-state index contributed by atoms with van der Waals surface area (Å²) in [5.74, 6) is 2.94. The number of hydrogen-bond acceptors (Lipinski definition) is 2. The van der Waals surface area contributed by atoms with Crippen LogP contribution in [-0.4, -0.2) is 18.5 Å². The van der Waals surface area contributed by atoms with Gasteiger partial charge in [0.1, 0.15) is 0 Å². The van der Waals surface area contributed by atoms with Gasteiger partial charge < -0.3 is 9.47 Å². The molecule has 4 rings (SSSR count). The van der Waals surface area contributed by atoms with Crippen LogP contribution in [0.1, 0.15) is 59.8 Å². The highest BCUT2D eigenvalue weighted by atomic mass is 16.7. The van der Waals surface area contributed by atoms with Crippen LogP contribution in [0.3, 0.4) is 0 Å². The van der Waals surface area contributed by atoms with Crippen LogP contribution in [0.2, 0.25) is 0 Å². The molecule has 0 aromatic heterocycles. The summed E-state index contributed by atoms with van der Waals surface area (Å²) < 4.78 is 12.3. The van der Waals surface area contributed by atoms with Gasteiger partial charge in [-0.3, -0.25) is 0 Å². The topological polar surface area (TPSA) is 18.5 Å². The van der Waals surface area contributed by atoms with E-state index in [0.29, 0.717) is 5.41 Å². The fraction of sp³-hybridized carbons (Fsp3) is 1.00. The number of rotatable bonds is 5. The zero-order valence-electron chi connectivity index (χ0n) is 12.3. The van der Waals surface area contributed by atoms with E-state index in [9.17, 15) is 0 Å². The Morgan fingerprint density at radius 2 is 1.33 bits per heavy atom. The predicted octanol–water partition coefficient (Wildman–Crippen LogP) is 3.99. The van der Waals surface area contributed by atoms with E-state index in [2.05, 4.69) is 27.7 Å².